The van der Waals surface area contributed by atoms with Crippen molar-refractivity contribution in [2.45, 2.75) is 45.3 Å². The molecule has 2 nitrogen and oxygen atoms in total. The van der Waals surface area contributed by atoms with Crippen molar-refractivity contribution in [2.75, 3.05) is 13.1 Å². The minimum absolute atomic E-state index is 0.643. The van der Waals surface area contributed by atoms with Crippen LogP contribution in [0, 0.1) is 0 Å². The Bertz CT molecular complexity index is 353. The van der Waals surface area contributed by atoms with Gasteiger partial charge in [-0.3, -0.25) is 4.90 Å². The monoisotopic (exact) mass is 316 g/mol. The van der Waals surface area contributed by atoms with E-state index >= 15 is 0 Å². The SMILES string of the molecule is CCCC1CN(Cc2ccc(Br)s2)C(C)CN1. The number of halogens is 1. The van der Waals surface area contributed by atoms with Gasteiger partial charge in [-0.05, 0) is 41.4 Å². The number of thiophene rings is 1. The molecule has 0 amide bonds. The van der Waals surface area contributed by atoms with Crippen LogP contribution in [0.1, 0.15) is 31.6 Å². The summed E-state index contributed by atoms with van der Waals surface area (Å²) in [6, 6.07) is 5.71. The van der Waals surface area contributed by atoms with Crippen molar-refractivity contribution in [3.05, 3.63) is 20.8 Å². The fourth-order valence-corrected chi connectivity index (χ4v) is 3.90. The van der Waals surface area contributed by atoms with E-state index in [1.165, 1.54) is 28.0 Å². The van der Waals surface area contributed by atoms with Crippen molar-refractivity contribution in [1.29, 1.82) is 0 Å². The molecule has 0 aliphatic carbocycles. The fourth-order valence-electron chi connectivity index (χ4n) is 2.39. The largest absolute Gasteiger partial charge is 0.311 e. The Morgan fingerprint density at radius 3 is 3.00 bits per heavy atom. The predicted octanol–water partition coefficient (Wildman–Crippen LogP) is 3.47. The van der Waals surface area contributed by atoms with Crippen LogP contribution in [0.4, 0.5) is 0 Å². The molecule has 2 atom stereocenters. The zero-order valence-electron chi connectivity index (χ0n) is 10.6. The Kier molecular flexibility index (Phi) is 5.03. The van der Waals surface area contributed by atoms with Crippen LogP contribution < -0.4 is 5.32 Å². The van der Waals surface area contributed by atoms with Crippen LogP contribution in [0.25, 0.3) is 0 Å². The summed E-state index contributed by atoms with van der Waals surface area (Å²) in [7, 11) is 0. The maximum atomic E-state index is 3.64. The quantitative estimate of drug-likeness (QED) is 0.915. The van der Waals surface area contributed by atoms with Crippen molar-refractivity contribution in [1.82, 2.24) is 10.2 Å². The van der Waals surface area contributed by atoms with E-state index in [4.69, 9.17) is 0 Å². The first-order chi connectivity index (χ1) is 8.19. The molecule has 0 saturated carbocycles. The highest BCUT2D eigenvalue weighted by molar-refractivity contribution is 9.11. The molecule has 1 aliphatic rings. The van der Waals surface area contributed by atoms with Gasteiger partial charge in [0.2, 0.25) is 0 Å². The van der Waals surface area contributed by atoms with Crippen LogP contribution in [0.15, 0.2) is 15.9 Å². The zero-order chi connectivity index (χ0) is 12.3. The van der Waals surface area contributed by atoms with Gasteiger partial charge in [0.05, 0.1) is 3.79 Å². The number of hydrogen-bond donors (Lipinski definition) is 1. The summed E-state index contributed by atoms with van der Waals surface area (Å²) < 4.78 is 1.24. The Labute approximate surface area is 117 Å². The first kappa shape index (κ1) is 13.5. The average molecular weight is 317 g/mol. The van der Waals surface area contributed by atoms with Gasteiger partial charge in [-0.25, -0.2) is 0 Å². The standard InChI is InChI=1S/C13H21BrN2S/c1-3-4-11-8-16(10(2)7-15-11)9-12-5-6-13(14)17-12/h5-6,10-11,15H,3-4,7-9H2,1-2H3. The highest BCUT2D eigenvalue weighted by atomic mass is 79.9. The summed E-state index contributed by atoms with van der Waals surface area (Å²) in [6.45, 7) is 7.99. The van der Waals surface area contributed by atoms with Gasteiger partial charge in [-0.1, -0.05) is 13.3 Å². The van der Waals surface area contributed by atoms with Crippen molar-refractivity contribution in [3.63, 3.8) is 0 Å². The number of nitrogens with one attached hydrogen (secondary N) is 1. The van der Waals surface area contributed by atoms with Crippen LogP contribution >= 0.6 is 27.3 Å². The molecule has 1 aromatic rings. The Hall–Kier alpha value is 0.1000. The van der Waals surface area contributed by atoms with Crippen molar-refractivity contribution in [2.24, 2.45) is 0 Å². The number of piperazine rings is 1. The average Bonchev–Trinajstić information content (AvgIpc) is 2.69. The molecule has 0 bridgehead atoms. The molecular formula is C13H21BrN2S. The van der Waals surface area contributed by atoms with Crippen LogP contribution in [-0.2, 0) is 6.54 Å². The molecule has 2 heterocycles. The van der Waals surface area contributed by atoms with Crippen LogP contribution in [0.2, 0.25) is 0 Å². The van der Waals surface area contributed by atoms with E-state index in [1.807, 2.05) is 11.3 Å². The second kappa shape index (κ2) is 6.32. The summed E-state index contributed by atoms with van der Waals surface area (Å²) in [4.78, 5) is 4.07. The molecule has 1 fully saturated rings. The highest BCUT2D eigenvalue weighted by Gasteiger charge is 2.24. The lowest BCUT2D eigenvalue weighted by Crippen LogP contribution is -2.54. The first-order valence-corrected chi connectivity index (χ1v) is 8.01. The normalized spacial score (nSPS) is 26.3. The van der Waals surface area contributed by atoms with E-state index in [0.717, 1.165) is 13.1 Å². The summed E-state index contributed by atoms with van der Waals surface area (Å²) in [5.74, 6) is 0. The third-order valence-electron chi connectivity index (χ3n) is 3.41. The Morgan fingerprint density at radius 1 is 1.53 bits per heavy atom. The molecule has 0 aromatic carbocycles. The van der Waals surface area contributed by atoms with Crippen molar-refractivity contribution in [3.8, 4) is 0 Å². The molecule has 96 valence electrons. The predicted molar refractivity (Wildman–Crippen MR) is 78.6 cm³/mol. The molecule has 1 aliphatic heterocycles. The smallest absolute Gasteiger partial charge is 0.0701 e. The van der Waals surface area contributed by atoms with Crippen molar-refractivity contribution >= 4 is 27.3 Å². The lowest BCUT2D eigenvalue weighted by molar-refractivity contribution is 0.130. The third-order valence-corrected chi connectivity index (χ3v) is 5.01. The molecule has 2 rings (SSSR count). The number of rotatable bonds is 4. The maximum Gasteiger partial charge on any atom is 0.0701 e. The summed E-state index contributed by atoms with van der Waals surface area (Å²) in [6.07, 6.45) is 2.56. The third kappa shape index (κ3) is 3.78. The molecule has 2 unspecified atom stereocenters. The minimum atomic E-state index is 0.643. The second-order valence-corrected chi connectivity index (χ2v) is 7.43. The second-order valence-electron chi connectivity index (χ2n) is 4.88. The first-order valence-electron chi connectivity index (χ1n) is 6.40. The van der Waals surface area contributed by atoms with E-state index < -0.39 is 0 Å². The minimum Gasteiger partial charge on any atom is -0.311 e. The maximum absolute atomic E-state index is 3.64. The Morgan fingerprint density at radius 2 is 2.35 bits per heavy atom. The van der Waals surface area contributed by atoms with Gasteiger partial charge in [0.1, 0.15) is 0 Å². The van der Waals surface area contributed by atoms with Crippen LogP contribution in [0.3, 0.4) is 0 Å². The topological polar surface area (TPSA) is 15.3 Å². The van der Waals surface area contributed by atoms with E-state index in [1.54, 1.807) is 0 Å². The van der Waals surface area contributed by atoms with Crippen molar-refractivity contribution < 1.29 is 0 Å². The van der Waals surface area contributed by atoms with Gasteiger partial charge in [0.15, 0.2) is 0 Å². The lowest BCUT2D eigenvalue weighted by atomic mass is 10.1. The van der Waals surface area contributed by atoms with E-state index in [-0.39, 0.29) is 0 Å². The fraction of sp³-hybridized carbons (Fsp3) is 0.692. The number of hydrogen-bond acceptors (Lipinski definition) is 3. The van der Waals surface area contributed by atoms with Crippen LogP contribution in [0.5, 0.6) is 0 Å². The summed E-state index contributed by atoms with van der Waals surface area (Å²) in [5, 5.41) is 3.64. The highest BCUT2D eigenvalue weighted by Crippen LogP contribution is 2.24. The molecular weight excluding hydrogens is 296 g/mol. The summed E-state index contributed by atoms with van der Waals surface area (Å²) in [5.41, 5.74) is 0. The summed E-state index contributed by atoms with van der Waals surface area (Å²) >= 11 is 5.39. The molecule has 1 aromatic heterocycles. The van der Waals surface area contributed by atoms with Gasteiger partial charge in [0.25, 0.3) is 0 Å². The number of nitrogens with zero attached hydrogens (tertiary/aromatic N) is 1. The molecule has 1 saturated heterocycles. The van der Waals surface area contributed by atoms with Gasteiger partial charge < -0.3 is 5.32 Å². The van der Waals surface area contributed by atoms with Gasteiger partial charge in [-0.15, -0.1) is 11.3 Å². The van der Waals surface area contributed by atoms with Crippen LogP contribution in [-0.4, -0.2) is 30.1 Å². The lowest BCUT2D eigenvalue weighted by Gasteiger charge is -2.38. The van der Waals surface area contributed by atoms with E-state index in [9.17, 15) is 0 Å². The van der Waals surface area contributed by atoms with Gasteiger partial charge in [0, 0.05) is 36.6 Å². The molecule has 0 spiro atoms. The molecule has 4 heteroatoms. The Balaban J connectivity index is 1.93. The zero-order valence-corrected chi connectivity index (χ0v) is 13.0. The molecule has 1 N–H and O–H groups in total. The van der Waals surface area contributed by atoms with E-state index in [0.29, 0.717) is 12.1 Å². The van der Waals surface area contributed by atoms with Gasteiger partial charge in [-0.2, -0.15) is 0 Å². The van der Waals surface area contributed by atoms with E-state index in [2.05, 4.69) is 52.1 Å². The van der Waals surface area contributed by atoms with Gasteiger partial charge >= 0.3 is 0 Å². The molecule has 17 heavy (non-hydrogen) atoms. The molecule has 0 radical (unpaired) electrons.